The average Bonchev–Trinajstić information content (AvgIpc) is 2.83. The van der Waals surface area contributed by atoms with Crippen molar-refractivity contribution in [2.24, 2.45) is 23.7 Å². The molecule has 1 aromatic rings. The Morgan fingerprint density at radius 1 is 0.875 bits per heavy atom. The second kappa shape index (κ2) is 11.1. The molecule has 178 valence electrons. The Kier molecular flexibility index (Phi) is 8.26. The third-order valence-electron chi connectivity index (χ3n) is 8.42. The van der Waals surface area contributed by atoms with Gasteiger partial charge in [-0.2, -0.15) is 4.39 Å². The van der Waals surface area contributed by atoms with Crippen LogP contribution in [-0.4, -0.2) is 19.3 Å². The maximum Gasteiger partial charge on any atom is 0.200 e. The van der Waals surface area contributed by atoms with Gasteiger partial charge in [0.25, 0.3) is 0 Å². The van der Waals surface area contributed by atoms with E-state index in [0.29, 0.717) is 24.7 Å². The molecule has 1 aliphatic heterocycles. The minimum absolute atomic E-state index is 0.00423. The molecule has 2 saturated carbocycles. The van der Waals surface area contributed by atoms with E-state index in [1.54, 1.807) is 19.1 Å². The highest BCUT2D eigenvalue weighted by Gasteiger charge is 2.36. The maximum absolute atomic E-state index is 14.6. The highest BCUT2D eigenvalue weighted by Crippen LogP contribution is 2.44. The fraction of sp³-hybridized carbons (Fsp3) is 0.714. The molecule has 2 aliphatic carbocycles. The molecule has 4 heteroatoms. The van der Waals surface area contributed by atoms with Gasteiger partial charge < -0.3 is 9.47 Å². The van der Waals surface area contributed by atoms with Crippen LogP contribution >= 0.6 is 0 Å². The second-order valence-electron chi connectivity index (χ2n) is 10.2. The zero-order valence-electron chi connectivity index (χ0n) is 19.8. The van der Waals surface area contributed by atoms with Gasteiger partial charge >= 0.3 is 0 Å². The average molecular weight is 447 g/mol. The molecule has 0 bridgehead atoms. The molecule has 4 rings (SSSR count). The van der Waals surface area contributed by atoms with E-state index in [1.165, 1.54) is 51.4 Å². The summed E-state index contributed by atoms with van der Waals surface area (Å²) in [6.07, 6.45) is 17.4. The quantitative estimate of drug-likeness (QED) is 0.415. The van der Waals surface area contributed by atoms with Crippen molar-refractivity contribution in [3.05, 3.63) is 41.5 Å². The number of hydrogen-bond acceptors (Lipinski definition) is 2. The van der Waals surface area contributed by atoms with Crippen molar-refractivity contribution >= 4 is 0 Å². The molecule has 0 aromatic heterocycles. The van der Waals surface area contributed by atoms with Crippen LogP contribution in [0.4, 0.5) is 8.78 Å². The van der Waals surface area contributed by atoms with E-state index in [2.05, 4.69) is 19.1 Å². The maximum atomic E-state index is 14.6. The van der Waals surface area contributed by atoms with Crippen LogP contribution in [0.5, 0.6) is 5.75 Å². The van der Waals surface area contributed by atoms with E-state index in [0.717, 1.165) is 30.6 Å². The van der Waals surface area contributed by atoms with E-state index in [1.807, 2.05) is 0 Å². The Labute approximate surface area is 192 Å². The molecule has 0 N–H and O–H groups in total. The molecular weight excluding hydrogens is 406 g/mol. The summed E-state index contributed by atoms with van der Waals surface area (Å²) in [5.41, 5.74) is 0.432. The summed E-state index contributed by atoms with van der Waals surface area (Å²) in [5, 5.41) is 0. The Bertz CT molecular complexity index is 753. The van der Waals surface area contributed by atoms with Gasteiger partial charge in [-0.3, -0.25) is 0 Å². The lowest BCUT2D eigenvalue weighted by molar-refractivity contribution is -0.0467. The first-order valence-corrected chi connectivity index (χ1v) is 13.0. The zero-order valence-corrected chi connectivity index (χ0v) is 19.8. The van der Waals surface area contributed by atoms with Gasteiger partial charge in [0, 0.05) is 5.92 Å². The van der Waals surface area contributed by atoms with Gasteiger partial charge in [-0.25, -0.2) is 4.39 Å². The monoisotopic (exact) mass is 446 g/mol. The van der Waals surface area contributed by atoms with Crippen molar-refractivity contribution in [2.45, 2.75) is 90.1 Å². The summed E-state index contributed by atoms with van der Waals surface area (Å²) in [5.74, 6) is 1.55. The first-order chi connectivity index (χ1) is 15.6. The largest absolute Gasteiger partial charge is 0.491 e. The molecule has 3 aliphatic rings. The third kappa shape index (κ3) is 5.38. The van der Waals surface area contributed by atoms with Gasteiger partial charge in [-0.05, 0) is 113 Å². The minimum atomic E-state index is -0.871. The van der Waals surface area contributed by atoms with Crippen molar-refractivity contribution in [1.29, 1.82) is 0 Å². The van der Waals surface area contributed by atoms with Gasteiger partial charge in [0.2, 0.25) is 5.82 Å². The highest BCUT2D eigenvalue weighted by atomic mass is 19.2. The summed E-state index contributed by atoms with van der Waals surface area (Å²) < 4.78 is 40.3. The summed E-state index contributed by atoms with van der Waals surface area (Å²) in [4.78, 5) is 0. The Hall–Kier alpha value is -1.42. The lowest BCUT2D eigenvalue weighted by atomic mass is 9.68. The Balaban J connectivity index is 1.24. The topological polar surface area (TPSA) is 18.5 Å². The van der Waals surface area contributed by atoms with E-state index < -0.39 is 11.6 Å². The van der Waals surface area contributed by atoms with Crippen molar-refractivity contribution in [3.63, 3.8) is 0 Å². The molecule has 32 heavy (non-hydrogen) atoms. The molecular formula is C28H40F2O2. The van der Waals surface area contributed by atoms with Crippen molar-refractivity contribution in [3.8, 4) is 5.75 Å². The Morgan fingerprint density at radius 2 is 1.53 bits per heavy atom. The number of benzene rings is 1. The van der Waals surface area contributed by atoms with Gasteiger partial charge in [-0.1, -0.05) is 18.2 Å². The second-order valence-corrected chi connectivity index (χ2v) is 10.2. The van der Waals surface area contributed by atoms with Crippen LogP contribution in [0.25, 0.3) is 0 Å². The number of hydrogen-bond donors (Lipinski definition) is 0. The normalized spacial score (nSPS) is 34.0. The van der Waals surface area contributed by atoms with E-state index in [9.17, 15) is 8.78 Å². The molecule has 2 unspecified atom stereocenters. The molecule has 2 nitrogen and oxygen atoms in total. The first-order valence-electron chi connectivity index (χ1n) is 13.0. The number of halogens is 2. The van der Waals surface area contributed by atoms with Crippen LogP contribution in [0.1, 0.15) is 89.5 Å². The van der Waals surface area contributed by atoms with Crippen molar-refractivity contribution < 1.29 is 18.3 Å². The SMILES string of the molecule is C/C=C/C1CCC(C2CCC(C3CCC(c4ccc(OCC)c(F)c4F)CO3)CC2)CC1. The number of allylic oxidation sites excluding steroid dienone is 2. The molecule has 0 radical (unpaired) electrons. The van der Waals surface area contributed by atoms with Gasteiger partial charge in [-0.15, -0.1) is 0 Å². The molecule has 1 heterocycles. The van der Waals surface area contributed by atoms with E-state index in [4.69, 9.17) is 9.47 Å². The number of ether oxygens (including phenoxy) is 2. The fourth-order valence-electron chi connectivity index (χ4n) is 6.59. The molecule has 1 saturated heterocycles. The van der Waals surface area contributed by atoms with Crippen LogP contribution < -0.4 is 4.74 Å². The van der Waals surface area contributed by atoms with Gasteiger partial charge in [0.15, 0.2) is 11.6 Å². The lowest BCUT2D eigenvalue weighted by Gasteiger charge is -2.41. The zero-order chi connectivity index (χ0) is 22.5. The Morgan fingerprint density at radius 3 is 2.12 bits per heavy atom. The summed E-state index contributed by atoms with van der Waals surface area (Å²) in [7, 11) is 0. The van der Waals surface area contributed by atoms with Crippen LogP contribution in [0, 0.1) is 35.3 Å². The molecule has 3 fully saturated rings. The third-order valence-corrected chi connectivity index (χ3v) is 8.42. The number of rotatable bonds is 6. The molecule has 0 amide bonds. The highest BCUT2D eigenvalue weighted by molar-refractivity contribution is 5.33. The minimum Gasteiger partial charge on any atom is -0.491 e. The molecule has 1 aromatic carbocycles. The summed E-state index contributed by atoms with van der Waals surface area (Å²) in [6.45, 7) is 4.72. The first kappa shape index (κ1) is 23.7. The van der Waals surface area contributed by atoms with Crippen LogP contribution in [0.15, 0.2) is 24.3 Å². The van der Waals surface area contributed by atoms with Crippen LogP contribution in [-0.2, 0) is 4.74 Å². The van der Waals surface area contributed by atoms with E-state index >= 15 is 0 Å². The molecule has 0 spiro atoms. The van der Waals surface area contributed by atoms with Crippen molar-refractivity contribution in [1.82, 2.24) is 0 Å². The predicted molar refractivity (Wildman–Crippen MR) is 125 cm³/mol. The van der Waals surface area contributed by atoms with E-state index in [-0.39, 0.29) is 17.8 Å². The summed E-state index contributed by atoms with van der Waals surface area (Å²) in [6, 6.07) is 3.23. The molecule has 2 atom stereocenters. The van der Waals surface area contributed by atoms with Gasteiger partial charge in [0.1, 0.15) is 0 Å². The van der Waals surface area contributed by atoms with Crippen LogP contribution in [0.3, 0.4) is 0 Å². The van der Waals surface area contributed by atoms with Crippen molar-refractivity contribution in [2.75, 3.05) is 13.2 Å². The van der Waals surface area contributed by atoms with Gasteiger partial charge in [0.05, 0.1) is 19.3 Å². The van der Waals surface area contributed by atoms with Crippen LogP contribution in [0.2, 0.25) is 0 Å². The summed E-state index contributed by atoms with van der Waals surface area (Å²) >= 11 is 0. The standard InChI is InChI=1S/C28H40F2O2/c1-3-5-19-6-8-20(9-7-19)21-10-12-22(13-11-21)25-16-14-23(18-32-25)24-15-17-26(31-4-2)28(30)27(24)29/h3,5,15,17,19-23,25H,4,6-14,16,18H2,1-2H3/b5-3+. The predicted octanol–water partition coefficient (Wildman–Crippen LogP) is 7.82. The smallest absolute Gasteiger partial charge is 0.200 e. The fourth-order valence-corrected chi connectivity index (χ4v) is 6.59. The lowest BCUT2D eigenvalue weighted by Crippen LogP contribution is -2.35.